The summed E-state index contributed by atoms with van der Waals surface area (Å²) in [5.41, 5.74) is 1.87. The van der Waals surface area contributed by atoms with Crippen LogP contribution in [0.3, 0.4) is 0 Å². The number of carbonyl (C=O) groups excluding carboxylic acids is 1. The molecule has 1 amide bonds. The highest BCUT2D eigenvalue weighted by atomic mass is 16.8. The number of para-hydroxylation sites is 1. The van der Waals surface area contributed by atoms with Crippen molar-refractivity contribution in [2.75, 3.05) is 6.54 Å². The van der Waals surface area contributed by atoms with Gasteiger partial charge in [-0.1, -0.05) is 67.6 Å². The molecule has 232 valence electrons. The normalized spacial score (nSPS) is 18.6. The maximum atomic E-state index is 13.9. The number of ether oxygens (including phenoxy) is 3. The van der Waals surface area contributed by atoms with Crippen molar-refractivity contribution in [1.82, 2.24) is 4.90 Å². The molecule has 11 heteroatoms. The van der Waals surface area contributed by atoms with Gasteiger partial charge in [-0.3, -0.25) is 9.59 Å². The standard InChI is InChI=1S/C33H35NO10/c1-3-27-29(44-33(43-27,31(38)39)32(40)41)30(37)34(20-28(35)36)21(2)26(19-14-22-10-6-4-7-11-22)23-15-17-25(18-16-23)42-24-12-8-5-9-13-24/h4-13,15-18,21,26-27,29H,3,14,19-20H2,1-2H3,(H,35,36)(H,38,39)(H,40,41). The summed E-state index contributed by atoms with van der Waals surface area (Å²) in [7, 11) is 0. The number of hydrogen-bond acceptors (Lipinski definition) is 7. The largest absolute Gasteiger partial charge is 0.480 e. The Kier molecular flexibility index (Phi) is 10.4. The number of carboxylic acids is 3. The summed E-state index contributed by atoms with van der Waals surface area (Å²) in [6.45, 7) is 2.57. The van der Waals surface area contributed by atoms with Crippen molar-refractivity contribution >= 4 is 23.8 Å². The third-order valence-electron chi connectivity index (χ3n) is 7.69. The molecule has 1 saturated heterocycles. The van der Waals surface area contributed by atoms with E-state index in [0.29, 0.717) is 24.3 Å². The first kappa shape index (κ1) is 32.2. The average Bonchev–Trinajstić information content (AvgIpc) is 3.43. The van der Waals surface area contributed by atoms with Crippen LogP contribution in [0.5, 0.6) is 11.5 Å². The zero-order valence-electron chi connectivity index (χ0n) is 24.4. The number of rotatable bonds is 14. The second-order valence-electron chi connectivity index (χ2n) is 10.5. The van der Waals surface area contributed by atoms with Crippen LogP contribution < -0.4 is 4.74 Å². The molecule has 3 aromatic carbocycles. The Morgan fingerprint density at radius 2 is 1.41 bits per heavy atom. The second-order valence-corrected chi connectivity index (χ2v) is 10.5. The Labute approximate surface area is 254 Å². The lowest BCUT2D eigenvalue weighted by molar-refractivity contribution is -0.220. The van der Waals surface area contributed by atoms with Crippen LogP contribution in [0.4, 0.5) is 0 Å². The van der Waals surface area contributed by atoms with Crippen LogP contribution in [-0.4, -0.2) is 74.6 Å². The second kappa shape index (κ2) is 14.2. The minimum absolute atomic E-state index is 0.0499. The van der Waals surface area contributed by atoms with Gasteiger partial charge in [0.05, 0.1) is 6.10 Å². The third-order valence-corrected chi connectivity index (χ3v) is 7.69. The molecule has 3 N–H and O–H groups in total. The van der Waals surface area contributed by atoms with Crippen molar-refractivity contribution in [3.8, 4) is 11.5 Å². The van der Waals surface area contributed by atoms with Gasteiger partial charge in [-0.25, -0.2) is 9.59 Å². The molecule has 1 fully saturated rings. The zero-order valence-corrected chi connectivity index (χ0v) is 24.4. The number of hydrogen-bond donors (Lipinski definition) is 3. The maximum absolute atomic E-state index is 13.9. The van der Waals surface area contributed by atoms with Gasteiger partial charge in [-0.05, 0) is 61.6 Å². The highest BCUT2D eigenvalue weighted by molar-refractivity contribution is 6.01. The van der Waals surface area contributed by atoms with Crippen molar-refractivity contribution in [3.05, 3.63) is 96.1 Å². The molecular formula is C33H35NO10. The Balaban J connectivity index is 1.66. The van der Waals surface area contributed by atoms with Crippen LogP contribution in [0.25, 0.3) is 0 Å². The zero-order chi connectivity index (χ0) is 31.9. The summed E-state index contributed by atoms with van der Waals surface area (Å²) in [6, 6.07) is 25.5. The monoisotopic (exact) mass is 605 g/mol. The topological polar surface area (TPSA) is 160 Å². The molecule has 3 aromatic rings. The van der Waals surface area contributed by atoms with Crippen molar-refractivity contribution in [1.29, 1.82) is 0 Å². The number of aliphatic carboxylic acids is 3. The molecule has 0 spiro atoms. The van der Waals surface area contributed by atoms with E-state index in [4.69, 9.17) is 14.2 Å². The first-order valence-electron chi connectivity index (χ1n) is 14.3. The van der Waals surface area contributed by atoms with Crippen molar-refractivity contribution in [3.63, 3.8) is 0 Å². The minimum Gasteiger partial charge on any atom is -0.480 e. The van der Waals surface area contributed by atoms with Crippen molar-refractivity contribution < 1.29 is 48.7 Å². The van der Waals surface area contributed by atoms with Crippen LogP contribution in [0.15, 0.2) is 84.9 Å². The molecule has 0 radical (unpaired) electrons. The number of nitrogens with zero attached hydrogens (tertiary/aromatic N) is 1. The number of aryl methyl sites for hydroxylation is 1. The minimum atomic E-state index is -3.08. The van der Waals surface area contributed by atoms with Gasteiger partial charge in [-0.2, -0.15) is 0 Å². The lowest BCUT2D eigenvalue weighted by Crippen LogP contribution is -2.52. The first-order valence-corrected chi connectivity index (χ1v) is 14.3. The summed E-state index contributed by atoms with van der Waals surface area (Å²) >= 11 is 0. The Bertz CT molecular complexity index is 1430. The van der Waals surface area contributed by atoms with E-state index in [0.717, 1.165) is 16.0 Å². The molecule has 44 heavy (non-hydrogen) atoms. The fourth-order valence-corrected chi connectivity index (χ4v) is 5.37. The van der Waals surface area contributed by atoms with Crippen LogP contribution in [-0.2, 0) is 35.1 Å². The van der Waals surface area contributed by atoms with Crippen LogP contribution in [0, 0.1) is 0 Å². The molecule has 0 aliphatic carbocycles. The van der Waals surface area contributed by atoms with E-state index < -0.39 is 54.4 Å². The first-order chi connectivity index (χ1) is 21.1. The Morgan fingerprint density at radius 1 is 0.841 bits per heavy atom. The molecule has 4 unspecified atom stereocenters. The number of carboxylic acid groups (broad SMARTS) is 3. The summed E-state index contributed by atoms with van der Waals surface area (Å²) in [5.74, 6) is -8.22. The van der Waals surface area contributed by atoms with E-state index in [1.54, 1.807) is 26.0 Å². The van der Waals surface area contributed by atoms with Crippen LogP contribution >= 0.6 is 0 Å². The van der Waals surface area contributed by atoms with Gasteiger partial charge in [-0.15, -0.1) is 0 Å². The molecule has 1 aliphatic heterocycles. The molecule has 4 rings (SSSR count). The predicted octanol–water partition coefficient (Wildman–Crippen LogP) is 4.56. The van der Waals surface area contributed by atoms with Crippen LogP contribution in [0.2, 0.25) is 0 Å². The van der Waals surface area contributed by atoms with Crippen molar-refractivity contribution in [2.45, 2.75) is 63.1 Å². The molecule has 0 saturated carbocycles. The van der Waals surface area contributed by atoms with Gasteiger partial charge in [0.25, 0.3) is 5.91 Å². The maximum Gasteiger partial charge on any atom is 0.377 e. The summed E-state index contributed by atoms with van der Waals surface area (Å²) in [6.07, 6.45) is -1.68. The molecule has 1 aliphatic rings. The molecule has 1 heterocycles. The average molecular weight is 606 g/mol. The fraction of sp³-hybridized carbons (Fsp3) is 0.333. The van der Waals surface area contributed by atoms with E-state index in [-0.39, 0.29) is 12.3 Å². The predicted molar refractivity (Wildman–Crippen MR) is 157 cm³/mol. The summed E-state index contributed by atoms with van der Waals surface area (Å²) in [4.78, 5) is 50.8. The van der Waals surface area contributed by atoms with Gasteiger partial charge in [0.1, 0.15) is 18.0 Å². The third kappa shape index (κ3) is 7.24. The van der Waals surface area contributed by atoms with E-state index in [9.17, 15) is 34.5 Å². The van der Waals surface area contributed by atoms with Gasteiger partial charge in [0.2, 0.25) is 0 Å². The van der Waals surface area contributed by atoms with E-state index in [2.05, 4.69) is 0 Å². The number of carbonyl (C=O) groups is 4. The fourth-order valence-electron chi connectivity index (χ4n) is 5.37. The van der Waals surface area contributed by atoms with Gasteiger partial charge in [0.15, 0.2) is 6.10 Å². The van der Waals surface area contributed by atoms with Gasteiger partial charge >= 0.3 is 23.7 Å². The highest BCUT2D eigenvalue weighted by Gasteiger charge is 2.62. The molecule has 4 atom stereocenters. The molecular weight excluding hydrogens is 570 g/mol. The lowest BCUT2D eigenvalue weighted by atomic mass is 9.85. The summed E-state index contributed by atoms with van der Waals surface area (Å²) < 4.78 is 16.5. The van der Waals surface area contributed by atoms with Gasteiger partial charge in [0, 0.05) is 12.0 Å². The number of benzene rings is 3. The van der Waals surface area contributed by atoms with E-state index in [1.165, 1.54) is 0 Å². The van der Waals surface area contributed by atoms with Crippen LogP contribution in [0.1, 0.15) is 43.7 Å². The molecule has 0 bridgehead atoms. The molecule has 11 nitrogen and oxygen atoms in total. The Hall–Kier alpha value is -4.74. The summed E-state index contributed by atoms with van der Waals surface area (Å²) in [5, 5.41) is 29.0. The number of amides is 1. The quantitative estimate of drug-likeness (QED) is 0.222. The Morgan fingerprint density at radius 3 is 1.95 bits per heavy atom. The lowest BCUT2D eigenvalue weighted by Gasteiger charge is -2.36. The van der Waals surface area contributed by atoms with E-state index in [1.807, 2.05) is 72.8 Å². The molecule has 0 aromatic heterocycles. The van der Waals surface area contributed by atoms with Crippen molar-refractivity contribution in [2.24, 2.45) is 0 Å². The van der Waals surface area contributed by atoms with E-state index >= 15 is 0 Å². The van der Waals surface area contributed by atoms with Gasteiger partial charge < -0.3 is 34.4 Å². The smallest absolute Gasteiger partial charge is 0.377 e. The highest BCUT2D eigenvalue weighted by Crippen LogP contribution is 2.36. The SMILES string of the molecule is CCC1OC(C(=O)O)(C(=O)O)OC1C(=O)N(CC(=O)O)C(C)C(CCc1ccccc1)c1ccc(Oc2ccccc2)cc1.